The number of hydrogen-bond acceptors (Lipinski definition) is 3. The number of aliphatic imine (C=N–C) groups is 1. The molecule has 1 N–H and O–H groups in total. The van der Waals surface area contributed by atoms with Crippen molar-refractivity contribution in [2.45, 2.75) is 27.7 Å². The minimum Gasteiger partial charge on any atom is -0.318 e. The smallest absolute Gasteiger partial charge is 0.283 e. The lowest BCUT2D eigenvalue weighted by Gasteiger charge is -2.22. The number of benzene rings is 1. The van der Waals surface area contributed by atoms with E-state index in [9.17, 15) is 4.79 Å². The number of amidine groups is 2. The maximum absolute atomic E-state index is 12.5. The van der Waals surface area contributed by atoms with E-state index in [1.807, 2.05) is 39.1 Å². The third kappa shape index (κ3) is 2.96. The van der Waals surface area contributed by atoms with Gasteiger partial charge in [-0.25, -0.2) is 0 Å². The van der Waals surface area contributed by atoms with Crippen LogP contribution in [-0.4, -0.2) is 26.4 Å². The average molecular weight is 376 g/mol. The second kappa shape index (κ2) is 6.39. The van der Waals surface area contributed by atoms with Gasteiger partial charge in [0, 0.05) is 28.2 Å². The summed E-state index contributed by atoms with van der Waals surface area (Å²) in [6.45, 7) is 8.10. The number of carbonyl (C=O) groups is 1. The van der Waals surface area contributed by atoms with Crippen molar-refractivity contribution in [2.75, 3.05) is 0 Å². The molecule has 0 fully saturated rings. The monoisotopic (exact) mass is 376 g/mol. The van der Waals surface area contributed by atoms with E-state index in [4.69, 9.17) is 5.41 Å². The summed E-state index contributed by atoms with van der Waals surface area (Å²) in [7, 11) is 0. The third-order valence-corrected chi connectivity index (χ3v) is 5.62. The quantitative estimate of drug-likeness (QED) is 0.781. The molecule has 0 bridgehead atoms. The number of aryl methyl sites for hydroxylation is 2. The molecule has 0 spiro atoms. The molecule has 2 aliphatic heterocycles. The minimum absolute atomic E-state index is 0.176. The van der Waals surface area contributed by atoms with Gasteiger partial charge in [-0.2, -0.15) is 4.99 Å². The molecule has 4 rings (SSSR count). The highest BCUT2D eigenvalue weighted by Gasteiger charge is 2.33. The summed E-state index contributed by atoms with van der Waals surface area (Å²) in [4.78, 5) is 19.4. The number of thioether (sulfide) groups is 1. The Bertz CT molecular complexity index is 1090. The van der Waals surface area contributed by atoms with Crippen molar-refractivity contribution in [3.05, 3.63) is 69.5 Å². The molecule has 2 aromatic rings. The van der Waals surface area contributed by atoms with Crippen LogP contribution in [0.15, 0.2) is 52.0 Å². The first-order valence-electron chi connectivity index (χ1n) is 8.70. The Morgan fingerprint density at radius 3 is 2.67 bits per heavy atom. The van der Waals surface area contributed by atoms with E-state index in [1.54, 1.807) is 11.0 Å². The van der Waals surface area contributed by atoms with Crippen LogP contribution < -0.4 is 0 Å². The van der Waals surface area contributed by atoms with Gasteiger partial charge in [-0.05, 0) is 63.1 Å². The van der Waals surface area contributed by atoms with Crippen molar-refractivity contribution in [2.24, 2.45) is 4.99 Å². The molecule has 0 saturated heterocycles. The van der Waals surface area contributed by atoms with Gasteiger partial charge >= 0.3 is 0 Å². The van der Waals surface area contributed by atoms with E-state index in [-0.39, 0.29) is 11.7 Å². The van der Waals surface area contributed by atoms with E-state index in [1.165, 1.54) is 17.3 Å². The molecule has 0 radical (unpaired) electrons. The van der Waals surface area contributed by atoms with Crippen molar-refractivity contribution < 1.29 is 4.79 Å². The van der Waals surface area contributed by atoms with E-state index in [0.717, 1.165) is 27.5 Å². The van der Waals surface area contributed by atoms with Crippen LogP contribution in [0.2, 0.25) is 0 Å². The molecule has 1 amide bonds. The average Bonchev–Trinajstić information content (AvgIpc) is 3.10. The highest BCUT2D eigenvalue weighted by molar-refractivity contribution is 8.17. The first kappa shape index (κ1) is 17.5. The van der Waals surface area contributed by atoms with Gasteiger partial charge in [0.15, 0.2) is 5.17 Å². The van der Waals surface area contributed by atoms with Crippen LogP contribution in [0.3, 0.4) is 0 Å². The zero-order valence-corrected chi connectivity index (χ0v) is 16.5. The van der Waals surface area contributed by atoms with Gasteiger partial charge in [-0.1, -0.05) is 23.9 Å². The topological polar surface area (TPSA) is 61.5 Å². The van der Waals surface area contributed by atoms with E-state index < -0.39 is 0 Å². The van der Waals surface area contributed by atoms with Gasteiger partial charge in [-0.3, -0.25) is 15.1 Å². The fourth-order valence-corrected chi connectivity index (χ4v) is 4.27. The Labute approximate surface area is 162 Å². The second-order valence-electron chi connectivity index (χ2n) is 6.82. The number of nitrogens with zero attached hydrogens (tertiary/aromatic N) is 3. The first-order valence-corrected chi connectivity index (χ1v) is 9.52. The van der Waals surface area contributed by atoms with E-state index in [0.29, 0.717) is 10.7 Å². The molecular formula is C21H20N4OS. The number of amides is 1. The van der Waals surface area contributed by atoms with Gasteiger partial charge < -0.3 is 4.57 Å². The highest BCUT2D eigenvalue weighted by Crippen LogP contribution is 2.33. The van der Waals surface area contributed by atoms with Gasteiger partial charge in [-0.15, -0.1) is 0 Å². The lowest BCUT2D eigenvalue weighted by molar-refractivity contribution is -0.114. The molecule has 0 saturated carbocycles. The number of rotatable bonds is 2. The Kier molecular flexibility index (Phi) is 4.15. The summed E-state index contributed by atoms with van der Waals surface area (Å²) in [5.74, 6) is -0.183. The zero-order chi connectivity index (χ0) is 19.3. The molecule has 0 atom stereocenters. The summed E-state index contributed by atoms with van der Waals surface area (Å²) in [6, 6.07) is 10.4. The van der Waals surface area contributed by atoms with Gasteiger partial charge in [0.05, 0.1) is 5.57 Å². The molecule has 1 aromatic heterocycles. The van der Waals surface area contributed by atoms with Gasteiger partial charge in [0.25, 0.3) is 5.91 Å². The fourth-order valence-electron chi connectivity index (χ4n) is 3.46. The van der Waals surface area contributed by atoms with Crippen LogP contribution in [-0.2, 0) is 4.79 Å². The van der Waals surface area contributed by atoms with Crippen molar-refractivity contribution in [3.8, 4) is 5.69 Å². The van der Waals surface area contributed by atoms with Crippen LogP contribution >= 0.6 is 11.8 Å². The Balaban J connectivity index is 1.78. The fraction of sp³-hybridized carbons (Fsp3) is 0.190. The molecule has 3 heterocycles. The van der Waals surface area contributed by atoms with Crippen molar-refractivity contribution >= 4 is 34.7 Å². The summed E-state index contributed by atoms with van der Waals surface area (Å²) >= 11 is 1.42. The molecule has 27 heavy (non-hydrogen) atoms. The summed E-state index contributed by atoms with van der Waals surface area (Å²) in [5, 5.41) is 9.02. The number of nitrogens with one attached hydrogen (secondary N) is 1. The Hall–Kier alpha value is -2.86. The largest absolute Gasteiger partial charge is 0.318 e. The third-order valence-electron chi connectivity index (χ3n) is 4.72. The molecular weight excluding hydrogens is 356 g/mol. The predicted molar refractivity (Wildman–Crippen MR) is 111 cm³/mol. The SMILES string of the molecule is CC1=CN2C(=N)/C(=C/c3cc(C)n(-c4cccc(C)c4)c3C)C(=O)N=C2S1. The second-order valence-corrected chi connectivity index (χ2v) is 8.03. The molecule has 1 aromatic carbocycles. The number of hydrogen-bond donors (Lipinski definition) is 1. The summed E-state index contributed by atoms with van der Waals surface area (Å²) in [6.07, 6.45) is 3.63. The molecule has 2 aliphatic rings. The Morgan fingerprint density at radius 2 is 1.93 bits per heavy atom. The number of allylic oxidation sites excluding steroid dienone is 1. The molecule has 0 aliphatic carbocycles. The molecule has 6 heteroatoms. The minimum atomic E-state index is -0.359. The maximum atomic E-state index is 12.5. The van der Waals surface area contributed by atoms with Crippen molar-refractivity contribution in [1.82, 2.24) is 9.47 Å². The lowest BCUT2D eigenvalue weighted by atomic mass is 10.1. The van der Waals surface area contributed by atoms with Crippen molar-refractivity contribution in [3.63, 3.8) is 0 Å². The summed E-state index contributed by atoms with van der Waals surface area (Å²) in [5.41, 5.74) is 5.64. The van der Waals surface area contributed by atoms with Gasteiger partial charge in [0.1, 0.15) is 5.84 Å². The molecule has 5 nitrogen and oxygen atoms in total. The van der Waals surface area contributed by atoms with E-state index >= 15 is 0 Å². The number of fused-ring (bicyclic) bond motifs is 1. The van der Waals surface area contributed by atoms with Crippen LogP contribution in [0.1, 0.15) is 29.4 Å². The number of aromatic nitrogens is 1. The van der Waals surface area contributed by atoms with Crippen LogP contribution in [0.25, 0.3) is 11.8 Å². The molecule has 136 valence electrons. The predicted octanol–water partition coefficient (Wildman–Crippen LogP) is 4.57. The normalized spacial score (nSPS) is 18.1. The van der Waals surface area contributed by atoms with Crippen molar-refractivity contribution in [1.29, 1.82) is 5.41 Å². The van der Waals surface area contributed by atoms with Crippen LogP contribution in [0.5, 0.6) is 0 Å². The lowest BCUT2D eigenvalue weighted by Crippen LogP contribution is -2.35. The highest BCUT2D eigenvalue weighted by atomic mass is 32.2. The Morgan fingerprint density at radius 1 is 1.15 bits per heavy atom. The van der Waals surface area contributed by atoms with Gasteiger partial charge in [0.2, 0.25) is 0 Å². The van der Waals surface area contributed by atoms with Crippen LogP contribution in [0.4, 0.5) is 0 Å². The maximum Gasteiger partial charge on any atom is 0.283 e. The first-order chi connectivity index (χ1) is 12.8. The zero-order valence-electron chi connectivity index (χ0n) is 15.7. The number of carbonyl (C=O) groups excluding carboxylic acids is 1. The van der Waals surface area contributed by atoms with E-state index in [2.05, 4.69) is 34.7 Å². The standard InChI is InChI=1S/C21H20N4OS/c1-12-6-5-7-17(8-12)25-13(2)9-16(15(25)4)10-18-19(22)24-11-14(3)27-21(24)23-20(18)26/h5-11,22H,1-4H3/b18-10-,22-19?. The van der Waals surface area contributed by atoms with Crippen LogP contribution in [0, 0.1) is 26.2 Å². The molecule has 0 unspecified atom stereocenters. The summed E-state index contributed by atoms with van der Waals surface area (Å²) < 4.78 is 2.17.